The lowest BCUT2D eigenvalue weighted by molar-refractivity contribution is -0.134. The second-order valence-electron chi connectivity index (χ2n) is 2.20. The van der Waals surface area contributed by atoms with E-state index in [4.69, 9.17) is 5.11 Å². The van der Waals surface area contributed by atoms with Crippen molar-refractivity contribution in [3.05, 3.63) is 0 Å². The van der Waals surface area contributed by atoms with E-state index >= 15 is 0 Å². The molecule has 0 unspecified atom stereocenters. The molecule has 0 aromatic carbocycles. The summed E-state index contributed by atoms with van der Waals surface area (Å²) in [5.41, 5.74) is 0. The number of ether oxygens (including phenoxy) is 1. The monoisotopic (exact) mass is 158 g/mol. The maximum Gasteiger partial charge on any atom is 0.506 e. The maximum absolute atomic E-state index is 10.7. The molecule has 0 aromatic rings. The maximum atomic E-state index is 10.7. The molecule has 0 amide bonds. The van der Waals surface area contributed by atoms with Gasteiger partial charge in [0, 0.05) is 12.8 Å². The minimum absolute atomic E-state index is 0.0940. The smallest absolute Gasteiger partial charge is 0.450 e. The summed E-state index contributed by atoms with van der Waals surface area (Å²) in [5.74, 6) is -0.894. The van der Waals surface area contributed by atoms with E-state index < -0.39 is 23.8 Å². The number of carboxylic acid groups (broad SMARTS) is 1. The summed E-state index contributed by atoms with van der Waals surface area (Å²) in [5, 5.41) is 8.08. The van der Waals surface area contributed by atoms with Gasteiger partial charge in [0.1, 0.15) is 0 Å². The first-order valence-electron chi connectivity index (χ1n) is 3.06. The van der Waals surface area contributed by atoms with Crippen molar-refractivity contribution < 1.29 is 24.2 Å². The number of carbonyl (C=O) groups excluding carboxylic acids is 2. The van der Waals surface area contributed by atoms with Crippen LogP contribution in [0.5, 0.6) is 0 Å². The highest BCUT2D eigenvalue weighted by Crippen LogP contribution is 2.13. The fourth-order valence-corrected chi connectivity index (χ4v) is 0.920. The molecule has 1 fully saturated rings. The molecule has 5 heteroatoms. The lowest BCUT2D eigenvalue weighted by Crippen LogP contribution is -2.27. The van der Waals surface area contributed by atoms with Crippen LogP contribution in [0.25, 0.3) is 0 Å². The van der Waals surface area contributed by atoms with Crippen molar-refractivity contribution in [3.63, 3.8) is 0 Å². The van der Waals surface area contributed by atoms with Crippen LogP contribution in [0.2, 0.25) is 0 Å². The van der Waals surface area contributed by atoms with Gasteiger partial charge in [-0.2, -0.15) is 0 Å². The molecule has 1 aliphatic rings. The van der Waals surface area contributed by atoms with E-state index in [1.54, 1.807) is 0 Å². The van der Waals surface area contributed by atoms with Gasteiger partial charge < -0.3 is 9.84 Å². The number of carbonyl (C=O) groups is 3. The molecule has 60 valence electrons. The molecule has 0 aliphatic heterocycles. The van der Waals surface area contributed by atoms with E-state index in [-0.39, 0.29) is 12.8 Å². The van der Waals surface area contributed by atoms with Gasteiger partial charge in [-0.25, -0.2) is 4.79 Å². The predicted octanol–water partition coefficient (Wildman–Crippen LogP) is -0.0184. The minimum atomic E-state index is -1.58. The van der Waals surface area contributed by atoms with Gasteiger partial charge in [-0.3, -0.25) is 9.59 Å². The Morgan fingerprint density at radius 1 is 1.36 bits per heavy atom. The quantitative estimate of drug-likeness (QED) is 0.428. The van der Waals surface area contributed by atoms with E-state index in [2.05, 4.69) is 4.74 Å². The number of ketones is 2. The Morgan fingerprint density at radius 3 is 2.18 bits per heavy atom. The number of hydrogen-bond acceptors (Lipinski definition) is 4. The van der Waals surface area contributed by atoms with Crippen LogP contribution >= 0.6 is 0 Å². The fourth-order valence-electron chi connectivity index (χ4n) is 0.920. The van der Waals surface area contributed by atoms with Crippen LogP contribution in [-0.2, 0) is 14.3 Å². The van der Waals surface area contributed by atoms with Crippen molar-refractivity contribution >= 4 is 17.7 Å². The summed E-state index contributed by atoms with van der Waals surface area (Å²) < 4.78 is 4.05. The summed E-state index contributed by atoms with van der Waals surface area (Å²) in [6.45, 7) is 0. The molecule has 11 heavy (non-hydrogen) atoms. The Hall–Kier alpha value is -1.39. The molecule has 5 nitrogen and oxygen atoms in total. The molecule has 0 atom stereocenters. The van der Waals surface area contributed by atoms with E-state index in [1.165, 1.54) is 0 Å². The van der Waals surface area contributed by atoms with E-state index in [0.717, 1.165) is 0 Å². The predicted molar refractivity (Wildman–Crippen MR) is 32.1 cm³/mol. The highest BCUT2D eigenvalue weighted by Gasteiger charge is 2.35. The number of rotatable bonds is 1. The van der Waals surface area contributed by atoms with Gasteiger partial charge in [0.2, 0.25) is 6.10 Å². The second kappa shape index (κ2) is 2.69. The first-order valence-corrected chi connectivity index (χ1v) is 3.06. The molecule has 0 aromatic heterocycles. The van der Waals surface area contributed by atoms with Gasteiger partial charge in [-0.05, 0) is 0 Å². The molecular weight excluding hydrogens is 152 g/mol. The van der Waals surface area contributed by atoms with Crippen LogP contribution in [-0.4, -0.2) is 28.9 Å². The molecule has 1 rings (SSSR count). The van der Waals surface area contributed by atoms with Crippen LogP contribution in [0.1, 0.15) is 12.8 Å². The molecule has 0 radical (unpaired) electrons. The van der Waals surface area contributed by atoms with Crippen molar-refractivity contribution in [1.29, 1.82) is 0 Å². The molecular formula is C6H6O5. The summed E-state index contributed by atoms with van der Waals surface area (Å²) >= 11 is 0. The highest BCUT2D eigenvalue weighted by molar-refractivity contribution is 6.12. The number of Topliss-reactive ketones (excluding diaryl/α,β-unsaturated/α-hetero) is 2. The summed E-state index contributed by atoms with van der Waals surface area (Å²) in [6, 6.07) is 0. The van der Waals surface area contributed by atoms with Crippen LogP contribution in [0, 0.1) is 0 Å². The van der Waals surface area contributed by atoms with Gasteiger partial charge in [-0.1, -0.05) is 0 Å². The molecule has 0 bridgehead atoms. The molecule has 1 N–H and O–H groups in total. The molecule has 0 saturated heterocycles. The van der Waals surface area contributed by atoms with Crippen molar-refractivity contribution in [2.24, 2.45) is 0 Å². The highest BCUT2D eigenvalue weighted by atomic mass is 16.7. The Balaban J connectivity index is 2.62. The average molecular weight is 158 g/mol. The number of hydrogen-bond donors (Lipinski definition) is 1. The van der Waals surface area contributed by atoms with E-state index in [0.29, 0.717) is 0 Å². The van der Waals surface area contributed by atoms with Crippen molar-refractivity contribution in [1.82, 2.24) is 0 Å². The summed E-state index contributed by atoms with van der Waals surface area (Å²) in [4.78, 5) is 31.3. The van der Waals surface area contributed by atoms with Crippen LogP contribution in [0.4, 0.5) is 4.79 Å². The van der Waals surface area contributed by atoms with Crippen molar-refractivity contribution in [2.75, 3.05) is 0 Å². The van der Waals surface area contributed by atoms with Gasteiger partial charge in [0.05, 0.1) is 0 Å². The van der Waals surface area contributed by atoms with E-state index in [9.17, 15) is 14.4 Å². The third-order valence-electron chi connectivity index (χ3n) is 1.42. The second-order valence-corrected chi connectivity index (χ2v) is 2.20. The fraction of sp³-hybridized carbons (Fsp3) is 0.500. The lowest BCUT2D eigenvalue weighted by Gasteiger charge is -2.03. The minimum Gasteiger partial charge on any atom is -0.450 e. The summed E-state index contributed by atoms with van der Waals surface area (Å²) in [6.07, 6.45) is -2.75. The average Bonchev–Trinajstić information content (AvgIpc) is 2.18. The van der Waals surface area contributed by atoms with Crippen LogP contribution in [0.15, 0.2) is 0 Å². The Labute approximate surface area is 62.0 Å². The van der Waals surface area contributed by atoms with Crippen LogP contribution in [0.3, 0.4) is 0 Å². The zero-order valence-electron chi connectivity index (χ0n) is 5.57. The third kappa shape index (κ3) is 1.54. The van der Waals surface area contributed by atoms with Crippen molar-refractivity contribution in [3.8, 4) is 0 Å². The van der Waals surface area contributed by atoms with Gasteiger partial charge in [0.25, 0.3) is 0 Å². The molecule has 1 saturated carbocycles. The summed E-state index contributed by atoms with van der Waals surface area (Å²) in [7, 11) is 0. The van der Waals surface area contributed by atoms with Crippen molar-refractivity contribution in [2.45, 2.75) is 18.9 Å². The SMILES string of the molecule is O=C(O)OC1C(=O)CCC1=O. The van der Waals surface area contributed by atoms with Gasteiger partial charge >= 0.3 is 6.16 Å². The topological polar surface area (TPSA) is 80.7 Å². The first kappa shape index (κ1) is 7.71. The van der Waals surface area contributed by atoms with Crippen LogP contribution < -0.4 is 0 Å². The molecule has 1 aliphatic carbocycles. The van der Waals surface area contributed by atoms with E-state index in [1.807, 2.05) is 0 Å². The zero-order chi connectivity index (χ0) is 8.43. The molecule has 0 heterocycles. The first-order chi connectivity index (χ1) is 5.11. The Morgan fingerprint density at radius 2 is 1.82 bits per heavy atom. The Kier molecular flexibility index (Phi) is 1.89. The lowest BCUT2D eigenvalue weighted by atomic mass is 10.3. The third-order valence-corrected chi connectivity index (χ3v) is 1.42. The van der Waals surface area contributed by atoms with Gasteiger partial charge in [0.15, 0.2) is 11.6 Å². The van der Waals surface area contributed by atoms with Gasteiger partial charge in [-0.15, -0.1) is 0 Å². The largest absolute Gasteiger partial charge is 0.506 e. The molecule has 0 spiro atoms. The standard InChI is InChI=1S/C6H6O5/c7-3-1-2-4(8)5(3)11-6(9)10/h5H,1-2H2,(H,9,10). The Bertz CT molecular complexity index is 203. The normalized spacial score (nSPS) is 18.9. The zero-order valence-corrected chi connectivity index (χ0v) is 5.57.